The summed E-state index contributed by atoms with van der Waals surface area (Å²) in [6.45, 7) is 3.98. The number of hydrogen-bond donors (Lipinski definition) is 0. The maximum absolute atomic E-state index is 13.6. The van der Waals surface area contributed by atoms with E-state index in [0.717, 1.165) is 31.5 Å². The second-order valence-corrected chi connectivity index (χ2v) is 7.04. The zero-order valence-corrected chi connectivity index (χ0v) is 15.7. The van der Waals surface area contributed by atoms with E-state index in [9.17, 15) is 8.78 Å². The van der Waals surface area contributed by atoms with Gasteiger partial charge in [0.15, 0.2) is 0 Å². The van der Waals surface area contributed by atoms with E-state index in [2.05, 4.69) is 25.0 Å². The number of piperidine rings is 1. The second kappa shape index (κ2) is 7.75. The molecule has 1 aliphatic rings. The molecule has 9 heteroatoms. The topological polar surface area (TPSA) is 77.2 Å². The Labute approximate surface area is 160 Å². The zero-order valence-electron chi connectivity index (χ0n) is 15.7. The molecule has 3 aromatic rings. The number of ether oxygens (including phenoxy) is 1. The van der Waals surface area contributed by atoms with Gasteiger partial charge in [0.1, 0.15) is 0 Å². The molecule has 1 atom stereocenters. The standard InChI is InChI=1S/C19H21F2N5O2/c1-11-16-14(17(20)21)6-15(24-18(16)28-25-11)13-4-3-5-26(10-13)9-12-7-22-19(27-2)23-8-12/h6-8,13,17H,3-5,9-10H2,1-2H3. The molecule has 3 aromatic heterocycles. The number of alkyl halides is 2. The minimum atomic E-state index is -2.60. The average Bonchev–Trinajstić information content (AvgIpc) is 3.09. The van der Waals surface area contributed by atoms with Crippen molar-refractivity contribution in [3.05, 3.63) is 41.0 Å². The van der Waals surface area contributed by atoms with Crippen molar-refractivity contribution >= 4 is 11.1 Å². The number of rotatable bonds is 5. The summed E-state index contributed by atoms with van der Waals surface area (Å²) in [6.07, 6.45) is 2.74. The summed E-state index contributed by atoms with van der Waals surface area (Å²) in [5.41, 5.74) is 2.18. The highest BCUT2D eigenvalue weighted by molar-refractivity contribution is 5.80. The molecule has 1 saturated heterocycles. The Hall–Kier alpha value is -2.68. The number of nitrogens with zero attached hydrogens (tertiary/aromatic N) is 5. The second-order valence-electron chi connectivity index (χ2n) is 7.04. The van der Waals surface area contributed by atoms with Gasteiger partial charge in [-0.1, -0.05) is 5.16 Å². The molecular weight excluding hydrogens is 368 g/mol. The van der Waals surface area contributed by atoms with Crippen LogP contribution in [0.15, 0.2) is 23.0 Å². The third-order valence-corrected chi connectivity index (χ3v) is 5.10. The van der Waals surface area contributed by atoms with Crippen LogP contribution in [0.25, 0.3) is 11.1 Å². The highest BCUT2D eigenvalue weighted by atomic mass is 19.3. The van der Waals surface area contributed by atoms with E-state index < -0.39 is 6.43 Å². The number of likely N-dealkylation sites (tertiary alicyclic amines) is 1. The summed E-state index contributed by atoms with van der Waals surface area (Å²) in [6, 6.07) is 1.85. The van der Waals surface area contributed by atoms with E-state index in [0.29, 0.717) is 29.3 Å². The summed E-state index contributed by atoms with van der Waals surface area (Å²) in [7, 11) is 1.53. The van der Waals surface area contributed by atoms with Gasteiger partial charge in [0, 0.05) is 48.2 Å². The van der Waals surface area contributed by atoms with Gasteiger partial charge in [0.25, 0.3) is 12.1 Å². The Balaban J connectivity index is 1.55. The smallest absolute Gasteiger partial charge is 0.316 e. The molecule has 0 radical (unpaired) electrons. The SMILES string of the molecule is COc1ncc(CN2CCCC(c3cc(C(F)F)c4c(C)noc4n3)C2)cn1. The van der Waals surface area contributed by atoms with E-state index in [-0.39, 0.29) is 17.2 Å². The lowest BCUT2D eigenvalue weighted by Crippen LogP contribution is -2.34. The fourth-order valence-electron chi connectivity index (χ4n) is 3.76. The number of pyridine rings is 1. The van der Waals surface area contributed by atoms with Crippen LogP contribution >= 0.6 is 0 Å². The number of halogens is 2. The molecule has 4 rings (SSSR count). The van der Waals surface area contributed by atoms with Crippen molar-refractivity contribution in [1.29, 1.82) is 0 Å². The summed E-state index contributed by atoms with van der Waals surface area (Å²) >= 11 is 0. The molecule has 1 fully saturated rings. The minimum absolute atomic E-state index is 0.0558. The average molecular weight is 389 g/mol. The van der Waals surface area contributed by atoms with Gasteiger partial charge in [0.2, 0.25) is 0 Å². The van der Waals surface area contributed by atoms with Crippen molar-refractivity contribution in [2.45, 2.75) is 38.7 Å². The van der Waals surface area contributed by atoms with Gasteiger partial charge in [0.05, 0.1) is 18.2 Å². The Bertz CT molecular complexity index is 961. The first-order chi connectivity index (χ1) is 13.5. The number of hydrogen-bond acceptors (Lipinski definition) is 7. The number of aromatic nitrogens is 4. The van der Waals surface area contributed by atoms with Crippen molar-refractivity contribution in [2.24, 2.45) is 0 Å². The van der Waals surface area contributed by atoms with E-state index in [4.69, 9.17) is 9.26 Å². The van der Waals surface area contributed by atoms with E-state index in [1.807, 2.05) is 0 Å². The van der Waals surface area contributed by atoms with Crippen molar-refractivity contribution in [3.8, 4) is 6.01 Å². The van der Waals surface area contributed by atoms with Gasteiger partial charge >= 0.3 is 6.01 Å². The van der Waals surface area contributed by atoms with Crippen molar-refractivity contribution in [1.82, 2.24) is 25.0 Å². The monoisotopic (exact) mass is 389 g/mol. The lowest BCUT2D eigenvalue weighted by Gasteiger charge is -2.32. The number of fused-ring (bicyclic) bond motifs is 1. The van der Waals surface area contributed by atoms with Crippen LogP contribution in [0.3, 0.4) is 0 Å². The highest BCUT2D eigenvalue weighted by Gasteiger charge is 2.26. The molecule has 4 heterocycles. The van der Waals surface area contributed by atoms with Crippen molar-refractivity contribution in [3.63, 3.8) is 0 Å². The summed E-state index contributed by atoms with van der Waals surface area (Å²) in [4.78, 5) is 15.0. The molecule has 0 N–H and O–H groups in total. The van der Waals surface area contributed by atoms with Crippen LogP contribution in [0.5, 0.6) is 6.01 Å². The van der Waals surface area contributed by atoms with Crippen LogP contribution in [-0.4, -0.2) is 45.2 Å². The summed E-state index contributed by atoms with van der Waals surface area (Å²) < 4.78 is 37.4. The number of methoxy groups -OCH3 is 1. The van der Waals surface area contributed by atoms with E-state index in [1.165, 1.54) is 13.2 Å². The molecule has 1 unspecified atom stereocenters. The van der Waals surface area contributed by atoms with Crippen LogP contribution in [0, 0.1) is 6.92 Å². The third kappa shape index (κ3) is 3.66. The molecule has 0 aliphatic carbocycles. The maximum atomic E-state index is 13.6. The van der Waals surface area contributed by atoms with E-state index >= 15 is 0 Å². The van der Waals surface area contributed by atoms with Crippen molar-refractivity contribution in [2.75, 3.05) is 20.2 Å². The van der Waals surface area contributed by atoms with Gasteiger partial charge < -0.3 is 9.26 Å². The quantitative estimate of drug-likeness (QED) is 0.659. The minimum Gasteiger partial charge on any atom is -0.467 e. The van der Waals surface area contributed by atoms with Crippen LogP contribution in [0.1, 0.15) is 47.7 Å². The summed E-state index contributed by atoms with van der Waals surface area (Å²) in [5.74, 6) is 0.0558. The Morgan fingerprint density at radius 1 is 1.32 bits per heavy atom. The van der Waals surface area contributed by atoms with Crippen LogP contribution in [0.2, 0.25) is 0 Å². The molecular formula is C19H21F2N5O2. The molecule has 0 amide bonds. The molecule has 148 valence electrons. The molecule has 28 heavy (non-hydrogen) atoms. The van der Waals surface area contributed by atoms with Crippen molar-refractivity contribution < 1.29 is 18.0 Å². The lowest BCUT2D eigenvalue weighted by atomic mass is 9.92. The number of aryl methyl sites for hydroxylation is 1. The lowest BCUT2D eigenvalue weighted by molar-refractivity contribution is 0.152. The molecule has 0 spiro atoms. The predicted octanol–water partition coefficient (Wildman–Crippen LogP) is 3.65. The predicted molar refractivity (Wildman–Crippen MR) is 97.3 cm³/mol. The van der Waals surface area contributed by atoms with Gasteiger partial charge in [-0.15, -0.1) is 0 Å². The van der Waals surface area contributed by atoms with E-state index in [1.54, 1.807) is 19.3 Å². The van der Waals surface area contributed by atoms with Gasteiger partial charge in [-0.25, -0.2) is 23.7 Å². The maximum Gasteiger partial charge on any atom is 0.316 e. The first kappa shape index (κ1) is 18.7. The molecule has 7 nitrogen and oxygen atoms in total. The fraction of sp³-hybridized carbons (Fsp3) is 0.474. The Morgan fingerprint density at radius 2 is 2.11 bits per heavy atom. The Kier molecular flexibility index (Phi) is 5.17. The summed E-state index contributed by atoms with van der Waals surface area (Å²) in [5, 5.41) is 4.13. The normalized spacial score (nSPS) is 18.1. The van der Waals surface area contributed by atoms with Gasteiger partial charge in [-0.05, 0) is 32.4 Å². The zero-order chi connectivity index (χ0) is 19.7. The third-order valence-electron chi connectivity index (χ3n) is 5.10. The fourth-order valence-corrected chi connectivity index (χ4v) is 3.76. The molecule has 1 aliphatic heterocycles. The first-order valence-electron chi connectivity index (χ1n) is 9.17. The van der Waals surface area contributed by atoms with Crippen LogP contribution in [-0.2, 0) is 6.54 Å². The van der Waals surface area contributed by atoms with Gasteiger partial charge in [-0.3, -0.25) is 4.90 Å². The molecule has 0 saturated carbocycles. The molecule has 0 aromatic carbocycles. The molecule has 0 bridgehead atoms. The first-order valence-corrected chi connectivity index (χ1v) is 9.17. The Morgan fingerprint density at radius 3 is 2.82 bits per heavy atom. The van der Waals surface area contributed by atoms with Crippen LogP contribution in [0.4, 0.5) is 8.78 Å². The van der Waals surface area contributed by atoms with Crippen LogP contribution < -0.4 is 4.74 Å². The van der Waals surface area contributed by atoms with Gasteiger partial charge in [-0.2, -0.15) is 0 Å². The highest BCUT2D eigenvalue weighted by Crippen LogP contribution is 2.34. The largest absolute Gasteiger partial charge is 0.467 e.